The van der Waals surface area contributed by atoms with E-state index in [0.717, 1.165) is 0 Å². The third-order valence-electron chi connectivity index (χ3n) is 1.85. The second-order valence-corrected chi connectivity index (χ2v) is 3.35. The Labute approximate surface area is 98.6 Å². The molecule has 0 aliphatic heterocycles. The Bertz CT molecular complexity index is 509. The van der Waals surface area contributed by atoms with Crippen LogP contribution in [0.3, 0.4) is 0 Å². The monoisotopic (exact) mass is 263 g/mol. The van der Waals surface area contributed by atoms with E-state index in [1.165, 1.54) is 35.2 Å². The summed E-state index contributed by atoms with van der Waals surface area (Å²) in [7, 11) is 0. The minimum Gasteiger partial charge on any atom is -0.406 e. The Balaban J connectivity index is 2.22. The van der Waals surface area contributed by atoms with Gasteiger partial charge in [0.05, 0.1) is 0 Å². The second kappa shape index (κ2) is 4.25. The smallest absolute Gasteiger partial charge is 0.406 e. The van der Waals surface area contributed by atoms with Crippen LogP contribution >= 0.6 is 11.6 Å². The molecule has 2 rings (SSSR count). The van der Waals surface area contributed by atoms with Crippen LogP contribution in [0.15, 0.2) is 30.6 Å². The molecule has 0 atom stereocenters. The van der Waals surface area contributed by atoms with Crippen LogP contribution in [0.2, 0.25) is 5.28 Å². The number of hydrogen-bond acceptors (Lipinski definition) is 3. The fraction of sp³-hybridized carbons (Fsp3) is 0.111. The van der Waals surface area contributed by atoms with Gasteiger partial charge in [-0.25, -0.2) is 0 Å². The van der Waals surface area contributed by atoms with Crippen molar-refractivity contribution in [3.63, 3.8) is 0 Å². The van der Waals surface area contributed by atoms with Gasteiger partial charge in [-0.15, -0.1) is 23.4 Å². The molecule has 0 unspecified atom stereocenters. The number of ether oxygens (including phenoxy) is 1. The molecule has 0 aliphatic rings. The Hall–Kier alpha value is -1.76. The highest BCUT2D eigenvalue weighted by Gasteiger charge is 2.30. The third-order valence-corrected chi connectivity index (χ3v) is 2.11. The van der Waals surface area contributed by atoms with Gasteiger partial charge in [-0.2, -0.15) is 0 Å². The zero-order valence-corrected chi connectivity index (χ0v) is 8.90. The van der Waals surface area contributed by atoms with Crippen molar-refractivity contribution >= 4 is 11.6 Å². The topological polar surface area (TPSA) is 39.9 Å². The first-order chi connectivity index (χ1) is 7.96. The standard InChI is InChI=1S/C9H5ClF3N3O/c10-8-15-14-5-16(8)6-1-3-7(4-2-6)17-9(11,12)13/h1-5H. The van der Waals surface area contributed by atoms with Gasteiger partial charge in [-0.1, -0.05) is 0 Å². The van der Waals surface area contributed by atoms with Crippen molar-refractivity contribution in [2.75, 3.05) is 0 Å². The molecule has 17 heavy (non-hydrogen) atoms. The summed E-state index contributed by atoms with van der Waals surface area (Å²) >= 11 is 5.70. The first-order valence-corrected chi connectivity index (χ1v) is 4.75. The SMILES string of the molecule is FC(F)(F)Oc1ccc(-n2cnnc2Cl)cc1. The van der Waals surface area contributed by atoms with Gasteiger partial charge >= 0.3 is 6.36 Å². The Morgan fingerprint density at radius 1 is 1.18 bits per heavy atom. The van der Waals surface area contributed by atoms with Crippen LogP contribution in [0.5, 0.6) is 5.75 Å². The maximum atomic E-state index is 11.9. The molecule has 90 valence electrons. The summed E-state index contributed by atoms with van der Waals surface area (Å²) < 4.78 is 40.9. The molecule has 0 radical (unpaired) electrons. The molecule has 8 heteroatoms. The number of alkyl halides is 3. The molecule has 0 saturated heterocycles. The molecule has 0 bridgehead atoms. The van der Waals surface area contributed by atoms with Crippen LogP contribution in [0.4, 0.5) is 13.2 Å². The summed E-state index contributed by atoms with van der Waals surface area (Å²) in [6.45, 7) is 0. The van der Waals surface area contributed by atoms with Gasteiger partial charge in [0.2, 0.25) is 5.28 Å². The summed E-state index contributed by atoms with van der Waals surface area (Å²) in [6.07, 6.45) is -3.35. The van der Waals surface area contributed by atoms with E-state index in [2.05, 4.69) is 14.9 Å². The predicted molar refractivity (Wildman–Crippen MR) is 53.1 cm³/mol. The van der Waals surface area contributed by atoms with Crippen molar-refractivity contribution in [2.24, 2.45) is 0 Å². The van der Waals surface area contributed by atoms with Gasteiger partial charge < -0.3 is 4.74 Å². The zero-order chi connectivity index (χ0) is 12.5. The van der Waals surface area contributed by atoms with Crippen molar-refractivity contribution in [2.45, 2.75) is 6.36 Å². The van der Waals surface area contributed by atoms with Crippen molar-refractivity contribution in [1.82, 2.24) is 14.8 Å². The van der Waals surface area contributed by atoms with Crippen LogP contribution < -0.4 is 4.74 Å². The van der Waals surface area contributed by atoms with Crippen LogP contribution in [0.1, 0.15) is 0 Å². The number of halogens is 4. The van der Waals surface area contributed by atoms with Gasteiger partial charge in [-0.3, -0.25) is 4.57 Å². The lowest BCUT2D eigenvalue weighted by Crippen LogP contribution is -2.17. The lowest BCUT2D eigenvalue weighted by Gasteiger charge is -2.09. The molecule has 0 spiro atoms. The maximum absolute atomic E-state index is 11.9. The predicted octanol–water partition coefficient (Wildman–Crippen LogP) is 2.82. The molecular weight excluding hydrogens is 259 g/mol. The summed E-state index contributed by atoms with van der Waals surface area (Å²) in [5.74, 6) is -0.301. The van der Waals surface area contributed by atoms with Crippen molar-refractivity contribution < 1.29 is 17.9 Å². The molecule has 0 aliphatic carbocycles. The number of benzene rings is 1. The summed E-state index contributed by atoms with van der Waals surface area (Å²) in [4.78, 5) is 0. The van der Waals surface area contributed by atoms with Crippen LogP contribution in [0, 0.1) is 0 Å². The van der Waals surface area contributed by atoms with Crippen LogP contribution in [0.25, 0.3) is 5.69 Å². The minimum absolute atomic E-state index is 0.120. The van der Waals surface area contributed by atoms with E-state index in [-0.39, 0.29) is 11.0 Å². The second-order valence-electron chi connectivity index (χ2n) is 3.01. The highest BCUT2D eigenvalue weighted by atomic mass is 35.5. The lowest BCUT2D eigenvalue weighted by atomic mass is 10.3. The lowest BCUT2D eigenvalue weighted by molar-refractivity contribution is -0.274. The molecular formula is C9H5ClF3N3O. The van der Waals surface area contributed by atoms with Gasteiger partial charge in [0.25, 0.3) is 0 Å². The van der Waals surface area contributed by atoms with E-state index < -0.39 is 6.36 Å². The Morgan fingerprint density at radius 2 is 1.82 bits per heavy atom. The highest BCUT2D eigenvalue weighted by molar-refractivity contribution is 6.28. The quantitative estimate of drug-likeness (QED) is 0.836. The summed E-state index contributed by atoms with van der Waals surface area (Å²) in [5, 5.41) is 7.21. The minimum atomic E-state index is -4.70. The van der Waals surface area contributed by atoms with Crippen molar-refractivity contribution in [3.05, 3.63) is 35.9 Å². The van der Waals surface area contributed by atoms with E-state index in [4.69, 9.17) is 11.6 Å². The first-order valence-electron chi connectivity index (χ1n) is 4.37. The van der Waals surface area contributed by atoms with Crippen molar-refractivity contribution in [3.8, 4) is 11.4 Å². The number of nitrogens with zero attached hydrogens (tertiary/aromatic N) is 3. The van der Waals surface area contributed by atoms with E-state index in [9.17, 15) is 13.2 Å². The number of rotatable bonds is 2. The van der Waals surface area contributed by atoms with Gasteiger partial charge in [-0.05, 0) is 35.9 Å². The van der Waals surface area contributed by atoms with Crippen LogP contribution in [-0.4, -0.2) is 21.1 Å². The first kappa shape index (κ1) is 11.7. The Morgan fingerprint density at radius 3 is 2.29 bits per heavy atom. The van der Waals surface area contributed by atoms with E-state index in [1.54, 1.807) is 0 Å². The Kier molecular flexibility index (Phi) is 2.93. The molecule has 1 aromatic heterocycles. The van der Waals surface area contributed by atoms with Gasteiger partial charge in [0.1, 0.15) is 12.1 Å². The molecule has 1 heterocycles. The molecule has 0 amide bonds. The third kappa shape index (κ3) is 2.88. The van der Waals surface area contributed by atoms with Gasteiger partial charge in [0, 0.05) is 5.69 Å². The highest BCUT2D eigenvalue weighted by Crippen LogP contribution is 2.24. The fourth-order valence-electron chi connectivity index (χ4n) is 1.20. The van der Waals surface area contributed by atoms with Gasteiger partial charge in [0.15, 0.2) is 0 Å². The van der Waals surface area contributed by atoms with E-state index in [1.807, 2.05) is 0 Å². The van der Waals surface area contributed by atoms with Crippen LogP contribution in [-0.2, 0) is 0 Å². The molecule has 0 saturated carbocycles. The molecule has 4 nitrogen and oxygen atoms in total. The molecule has 1 aromatic carbocycles. The molecule has 2 aromatic rings. The van der Waals surface area contributed by atoms with E-state index in [0.29, 0.717) is 5.69 Å². The normalized spacial score (nSPS) is 11.5. The molecule has 0 N–H and O–H groups in total. The fourth-order valence-corrected chi connectivity index (χ4v) is 1.39. The summed E-state index contributed by atoms with van der Waals surface area (Å²) in [6, 6.07) is 5.19. The average molecular weight is 264 g/mol. The van der Waals surface area contributed by atoms with E-state index >= 15 is 0 Å². The summed E-state index contributed by atoms with van der Waals surface area (Å²) in [5.41, 5.74) is 0.537. The average Bonchev–Trinajstić information content (AvgIpc) is 2.63. The largest absolute Gasteiger partial charge is 0.573 e. The number of hydrogen-bond donors (Lipinski definition) is 0. The molecule has 0 fully saturated rings. The zero-order valence-electron chi connectivity index (χ0n) is 8.15. The van der Waals surface area contributed by atoms with Crippen molar-refractivity contribution in [1.29, 1.82) is 0 Å². The number of aromatic nitrogens is 3. The maximum Gasteiger partial charge on any atom is 0.573 e.